The minimum Gasteiger partial charge on any atom is -0.381 e. The van der Waals surface area contributed by atoms with Crippen molar-refractivity contribution < 1.29 is 4.74 Å². The molecule has 0 saturated carbocycles. The van der Waals surface area contributed by atoms with Crippen molar-refractivity contribution in [3.8, 4) is 0 Å². The second kappa shape index (κ2) is 16.1. The summed E-state index contributed by atoms with van der Waals surface area (Å²) in [6.45, 7) is 15.2. The highest BCUT2D eigenvalue weighted by atomic mass is 127. The van der Waals surface area contributed by atoms with Crippen LogP contribution in [0.25, 0.3) is 0 Å². The summed E-state index contributed by atoms with van der Waals surface area (Å²) < 4.78 is 5.60. The Bertz CT molecular complexity index is 519. The average Bonchev–Trinajstić information content (AvgIpc) is 2.65. The molecule has 5 nitrogen and oxygen atoms in total. The van der Waals surface area contributed by atoms with E-state index in [-0.39, 0.29) is 24.0 Å². The fraction of sp³-hybridized carbons (Fsp3) is 0.667. The van der Waals surface area contributed by atoms with Crippen molar-refractivity contribution in [2.24, 2.45) is 10.9 Å². The van der Waals surface area contributed by atoms with E-state index in [9.17, 15) is 0 Å². The third-order valence-corrected chi connectivity index (χ3v) is 4.18. The highest BCUT2D eigenvalue weighted by Gasteiger charge is 2.03. The second-order valence-corrected chi connectivity index (χ2v) is 6.96. The first-order valence-electron chi connectivity index (χ1n) is 9.91. The Hall–Kier alpha value is -0.860. The van der Waals surface area contributed by atoms with Crippen LogP contribution in [0.1, 0.15) is 45.2 Å². The SMILES string of the molecule is CCN(CC)Cc1cccc(CNC(=NC)NCCCOCC(C)C)c1.I. The summed E-state index contributed by atoms with van der Waals surface area (Å²) in [5, 5.41) is 6.73. The molecule has 156 valence electrons. The van der Waals surface area contributed by atoms with Crippen LogP contribution in [0.2, 0.25) is 0 Å². The maximum absolute atomic E-state index is 5.60. The highest BCUT2D eigenvalue weighted by molar-refractivity contribution is 14.0. The lowest BCUT2D eigenvalue weighted by atomic mass is 10.1. The van der Waals surface area contributed by atoms with E-state index >= 15 is 0 Å². The molecule has 1 rings (SSSR count). The summed E-state index contributed by atoms with van der Waals surface area (Å²) in [5.41, 5.74) is 2.64. The Balaban J connectivity index is 0.00000676. The third kappa shape index (κ3) is 12.3. The van der Waals surface area contributed by atoms with E-state index in [1.807, 2.05) is 0 Å². The molecule has 0 aliphatic heterocycles. The lowest BCUT2D eigenvalue weighted by molar-refractivity contribution is 0.108. The highest BCUT2D eigenvalue weighted by Crippen LogP contribution is 2.08. The monoisotopic (exact) mass is 490 g/mol. The number of halogens is 1. The molecule has 0 radical (unpaired) electrons. The molecule has 0 atom stereocenters. The number of hydrogen-bond acceptors (Lipinski definition) is 3. The Labute approximate surface area is 183 Å². The van der Waals surface area contributed by atoms with E-state index in [0.717, 1.165) is 58.3 Å². The van der Waals surface area contributed by atoms with Crippen molar-refractivity contribution in [1.29, 1.82) is 0 Å². The van der Waals surface area contributed by atoms with Gasteiger partial charge in [0.2, 0.25) is 0 Å². The van der Waals surface area contributed by atoms with Crippen molar-refractivity contribution >= 4 is 29.9 Å². The smallest absolute Gasteiger partial charge is 0.191 e. The quantitative estimate of drug-likeness (QED) is 0.202. The molecule has 0 saturated heterocycles. The summed E-state index contributed by atoms with van der Waals surface area (Å²) in [4.78, 5) is 6.72. The van der Waals surface area contributed by atoms with Crippen molar-refractivity contribution in [3.05, 3.63) is 35.4 Å². The van der Waals surface area contributed by atoms with E-state index in [2.05, 4.69) is 72.5 Å². The van der Waals surface area contributed by atoms with E-state index in [1.54, 1.807) is 7.05 Å². The van der Waals surface area contributed by atoms with Gasteiger partial charge in [-0.3, -0.25) is 9.89 Å². The minimum absolute atomic E-state index is 0. The molecular formula is C21H39IN4O. The van der Waals surface area contributed by atoms with Gasteiger partial charge in [-0.2, -0.15) is 0 Å². The zero-order chi connectivity index (χ0) is 19.2. The molecule has 6 heteroatoms. The van der Waals surface area contributed by atoms with E-state index in [1.165, 1.54) is 11.1 Å². The number of nitrogens with one attached hydrogen (secondary N) is 2. The molecular weight excluding hydrogens is 451 g/mol. The normalized spacial score (nSPS) is 11.6. The molecule has 0 amide bonds. The molecule has 0 aromatic heterocycles. The van der Waals surface area contributed by atoms with Gasteiger partial charge < -0.3 is 15.4 Å². The fourth-order valence-electron chi connectivity index (χ4n) is 2.65. The van der Waals surface area contributed by atoms with Crippen molar-refractivity contribution in [2.75, 3.05) is 39.9 Å². The molecule has 0 aliphatic rings. The van der Waals surface area contributed by atoms with Crippen LogP contribution < -0.4 is 10.6 Å². The van der Waals surface area contributed by atoms with Gasteiger partial charge in [-0.05, 0) is 36.6 Å². The Morgan fingerprint density at radius 2 is 1.85 bits per heavy atom. The third-order valence-electron chi connectivity index (χ3n) is 4.18. The Kier molecular flexibility index (Phi) is 15.6. The molecule has 0 unspecified atom stereocenters. The number of aliphatic imine (C=N–C) groups is 1. The van der Waals surface area contributed by atoms with Crippen LogP contribution >= 0.6 is 24.0 Å². The summed E-state index contributed by atoms with van der Waals surface area (Å²) in [6, 6.07) is 8.77. The zero-order valence-electron chi connectivity index (χ0n) is 17.8. The van der Waals surface area contributed by atoms with Crippen LogP contribution in [0.4, 0.5) is 0 Å². The van der Waals surface area contributed by atoms with Crippen LogP contribution in [0.3, 0.4) is 0 Å². The molecule has 27 heavy (non-hydrogen) atoms. The number of hydrogen-bond donors (Lipinski definition) is 2. The molecule has 1 aromatic carbocycles. The van der Waals surface area contributed by atoms with Gasteiger partial charge in [0.05, 0.1) is 0 Å². The summed E-state index contributed by atoms with van der Waals surface area (Å²) in [7, 11) is 1.81. The molecule has 1 aromatic rings. The number of benzene rings is 1. The Morgan fingerprint density at radius 1 is 1.15 bits per heavy atom. The van der Waals surface area contributed by atoms with E-state index < -0.39 is 0 Å². The number of ether oxygens (including phenoxy) is 1. The fourth-order valence-corrected chi connectivity index (χ4v) is 2.65. The van der Waals surface area contributed by atoms with Crippen molar-refractivity contribution in [1.82, 2.24) is 15.5 Å². The lowest BCUT2D eigenvalue weighted by Crippen LogP contribution is -2.37. The van der Waals surface area contributed by atoms with Crippen LogP contribution in [0, 0.1) is 5.92 Å². The molecule has 0 spiro atoms. The molecule has 0 heterocycles. The standard InChI is InChI=1S/C21H38N4O.HI/c1-6-25(7-2)16-20-11-8-10-19(14-20)15-24-21(22-5)23-12-9-13-26-17-18(3)4;/h8,10-11,14,18H,6-7,9,12-13,15-17H2,1-5H3,(H2,22,23,24);1H. The number of nitrogens with zero attached hydrogens (tertiary/aromatic N) is 2. The van der Waals surface area contributed by atoms with Gasteiger partial charge in [-0.25, -0.2) is 0 Å². The van der Waals surface area contributed by atoms with Gasteiger partial charge in [0, 0.05) is 39.9 Å². The predicted octanol–water partition coefficient (Wildman–Crippen LogP) is 3.87. The summed E-state index contributed by atoms with van der Waals surface area (Å²) in [5.74, 6) is 1.43. The second-order valence-electron chi connectivity index (χ2n) is 6.96. The van der Waals surface area contributed by atoms with E-state index in [0.29, 0.717) is 5.92 Å². The van der Waals surface area contributed by atoms with Gasteiger partial charge in [0.1, 0.15) is 0 Å². The Morgan fingerprint density at radius 3 is 2.48 bits per heavy atom. The van der Waals surface area contributed by atoms with Crippen LogP contribution in [-0.2, 0) is 17.8 Å². The molecule has 0 aliphatic carbocycles. The first-order valence-corrected chi connectivity index (χ1v) is 9.91. The van der Waals surface area contributed by atoms with Crippen molar-refractivity contribution in [3.63, 3.8) is 0 Å². The maximum atomic E-state index is 5.60. The first kappa shape index (κ1) is 26.1. The minimum atomic E-state index is 0. The molecule has 0 bridgehead atoms. The van der Waals surface area contributed by atoms with Crippen LogP contribution in [-0.4, -0.2) is 50.8 Å². The summed E-state index contributed by atoms with van der Waals surface area (Å²) >= 11 is 0. The lowest BCUT2D eigenvalue weighted by Gasteiger charge is -2.18. The van der Waals surface area contributed by atoms with Gasteiger partial charge in [0.25, 0.3) is 0 Å². The van der Waals surface area contributed by atoms with Gasteiger partial charge in [-0.1, -0.05) is 52.0 Å². The number of rotatable bonds is 12. The van der Waals surface area contributed by atoms with Gasteiger partial charge in [-0.15, -0.1) is 24.0 Å². The largest absolute Gasteiger partial charge is 0.381 e. The van der Waals surface area contributed by atoms with Crippen LogP contribution in [0.15, 0.2) is 29.3 Å². The first-order chi connectivity index (χ1) is 12.6. The zero-order valence-corrected chi connectivity index (χ0v) is 20.1. The number of guanidine groups is 1. The topological polar surface area (TPSA) is 48.9 Å². The molecule has 0 fully saturated rings. The van der Waals surface area contributed by atoms with Crippen molar-refractivity contribution in [2.45, 2.75) is 47.2 Å². The predicted molar refractivity (Wildman–Crippen MR) is 127 cm³/mol. The maximum Gasteiger partial charge on any atom is 0.191 e. The van der Waals surface area contributed by atoms with Gasteiger partial charge >= 0.3 is 0 Å². The average molecular weight is 490 g/mol. The van der Waals surface area contributed by atoms with E-state index in [4.69, 9.17) is 4.74 Å². The molecule has 2 N–H and O–H groups in total. The van der Waals surface area contributed by atoms with Crippen LogP contribution in [0.5, 0.6) is 0 Å². The summed E-state index contributed by atoms with van der Waals surface area (Å²) in [6.07, 6.45) is 0.979. The van der Waals surface area contributed by atoms with Gasteiger partial charge in [0.15, 0.2) is 5.96 Å².